The fourth-order valence-electron chi connectivity index (χ4n) is 8.09. The van der Waals surface area contributed by atoms with Crippen molar-refractivity contribution in [2.45, 2.75) is 0 Å². The molecule has 0 amide bonds. The molecule has 0 bridgehead atoms. The monoisotopic (exact) mass is 688 g/mol. The second kappa shape index (κ2) is 13.4. The molecule has 0 radical (unpaired) electrons. The number of hydrogen-bond acceptors (Lipinski definition) is 1. The lowest BCUT2D eigenvalue weighted by molar-refractivity contribution is 1.19. The predicted molar refractivity (Wildman–Crippen MR) is 229 cm³/mol. The fraction of sp³-hybridized carbons (Fsp3) is 0. The van der Waals surface area contributed by atoms with Gasteiger partial charge in [-0.15, -0.1) is 0 Å². The first kappa shape index (κ1) is 31.6. The Balaban J connectivity index is 1.21. The second-order valence-corrected chi connectivity index (χ2v) is 13.8. The molecule has 9 aromatic carbocycles. The summed E-state index contributed by atoms with van der Waals surface area (Å²) in [4.78, 5) is 2.40. The third kappa shape index (κ3) is 5.53. The van der Waals surface area contributed by atoms with Crippen LogP contribution in [0.2, 0.25) is 0 Å². The van der Waals surface area contributed by atoms with Crippen molar-refractivity contribution in [3.8, 4) is 39.1 Å². The van der Waals surface area contributed by atoms with E-state index in [0.29, 0.717) is 0 Å². The summed E-state index contributed by atoms with van der Waals surface area (Å²) in [6, 6.07) is 78.9. The first-order valence-electron chi connectivity index (χ1n) is 18.5. The number of fused-ring (bicyclic) bond motifs is 4. The average Bonchev–Trinajstić information content (AvgIpc) is 3.58. The van der Waals surface area contributed by atoms with Crippen LogP contribution in [0, 0.1) is 0 Å². The van der Waals surface area contributed by atoms with E-state index < -0.39 is 0 Å². The quantitative estimate of drug-likeness (QED) is 0.162. The van der Waals surface area contributed by atoms with Gasteiger partial charge in [-0.25, -0.2) is 0 Å². The van der Waals surface area contributed by atoms with Crippen LogP contribution in [-0.2, 0) is 0 Å². The van der Waals surface area contributed by atoms with Gasteiger partial charge in [-0.2, -0.15) is 0 Å². The SMILES string of the molecule is c1ccc(-c2cccc(N(c3cccc(-c4ccccc4)c3)c3cccc(-c4c(-n5c6ccccc6c6ccccc65)ccc5ccccc45)c3)c2)cc1. The van der Waals surface area contributed by atoms with Gasteiger partial charge in [0, 0.05) is 33.4 Å². The molecule has 2 heteroatoms. The van der Waals surface area contributed by atoms with E-state index in [2.05, 4.69) is 228 Å². The van der Waals surface area contributed by atoms with E-state index in [4.69, 9.17) is 0 Å². The zero-order valence-corrected chi connectivity index (χ0v) is 29.7. The van der Waals surface area contributed by atoms with Crippen LogP contribution in [0.5, 0.6) is 0 Å². The minimum Gasteiger partial charge on any atom is -0.310 e. The first-order chi connectivity index (χ1) is 26.8. The van der Waals surface area contributed by atoms with Gasteiger partial charge in [-0.05, 0) is 93.2 Å². The highest BCUT2D eigenvalue weighted by atomic mass is 15.1. The molecule has 2 nitrogen and oxygen atoms in total. The van der Waals surface area contributed by atoms with Gasteiger partial charge in [0.25, 0.3) is 0 Å². The molecule has 0 atom stereocenters. The Morgan fingerprint density at radius 1 is 0.296 bits per heavy atom. The molecule has 10 rings (SSSR count). The van der Waals surface area contributed by atoms with Crippen LogP contribution in [0.25, 0.3) is 71.6 Å². The van der Waals surface area contributed by atoms with Gasteiger partial charge >= 0.3 is 0 Å². The Hall–Kier alpha value is -7.16. The Morgan fingerprint density at radius 2 is 0.722 bits per heavy atom. The lowest BCUT2D eigenvalue weighted by Gasteiger charge is -2.27. The average molecular weight is 689 g/mol. The molecule has 54 heavy (non-hydrogen) atoms. The number of anilines is 3. The van der Waals surface area contributed by atoms with E-state index in [1.165, 1.54) is 60.4 Å². The van der Waals surface area contributed by atoms with Crippen LogP contribution >= 0.6 is 0 Å². The molecule has 0 N–H and O–H groups in total. The van der Waals surface area contributed by atoms with Crippen LogP contribution in [0.4, 0.5) is 17.1 Å². The summed E-state index contributed by atoms with van der Waals surface area (Å²) in [7, 11) is 0. The topological polar surface area (TPSA) is 8.17 Å². The molecular formula is C52H36N2. The molecule has 254 valence electrons. The van der Waals surface area contributed by atoms with Gasteiger partial charge in [-0.1, -0.05) is 164 Å². The van der Waals surface area contributed by atoms with Gasteiger partial charge in [0.05, 0.1) is 16.7 Å². The van der Waals surface area contributed by atoms with E-state index in [1.807, 2.05) is 0 Å². The van der Waals surface area contributed by atoms with Crippen molar-refractivity contribution in [3.63, 3.8) is 0 Å². The van der Waals surface area contributed by atoms with Crippen LogP contribution in [0.15, 0.2) is 218 Å². The molecule has 10 aromatic rings. The summed E-state index contributed by atoms with van der Waals surface area (Å²) in [5.74, 6) is 0. The Labute approximate surface area is 315 Å². The van der Waals surface area contributed by atoms with E-state index >= 15 is 0 Å². The summed E-state index contributed by atoms with van der Waals surface area (Å²) in [5.41, 5.74) is 13.9. The van der Waals surface area contributed by atoms with E-state index in [9.17, 15) is 0 Å². The van der Waals surface area contributed by atoms with Crippen molar-refractivity contribution in [1.82, 2.24) is 4.57 Å². The van der Waals surface area contributed by atoms with Crippen molar-refractivity contribution >= 4 is 49.6 Å². The van der Waals surface area contributed by atoms with Gasteiger partial charge in [-0.3, -0.25) is 0 Å². The number of rotatable bonds is 7. The highest BCUT2D eigenvalue weighted by Gasteiger charge is 2.20. The molecule has 0 saturated heterocycles. The molecule has 0 fully saturated rings. The molecule has 0 unspecified atom stereocenters. The summed E-state index contributed by atoms with van der Waals surface area (Å²) >= 11 is 0. The van der Waals surface area contributed by atoms with Crippen molar-refractivity contribution in [1.29, 1.82) is 0 Å². The minimum atomic E-state index is 1.09. The first-order valence-corrected chi connectivity index (χ1v) is 18.5. The van der Waals surface area contributed by atoms with Gasteiger partial charge < -0.3 is 9.47 Å². The lowest BCUT2D eigenvalue weighted by Crippen LogP contribution is -2.10. The summed E-state index contributed by atoms with van der Waals surface area (Å²) in [6.45, 7) is 0. The number of para-hydroxylation sites is 2. The smallest absolute Gasteiger partial charge is 0.0547 e. The summed E-state index contributed by atoms with van der Waals surface area (Å²) < 4.78 is 2.45. The molecule has 1 heterocycles. The van der Waals surface area contributed by atoms with Crippen molar-refractivity contribution in [2.24, 2.45) is 0 Å². The van der Waals surface area contributed by atoms with Crippen molar-refractivity contribution < 1.29 is 0 Å². The summed E-state index contributed by atoms with van der Waals surface area (Å²) in [5, 5.41) is 4.94. The number of aromatic nitrogens is 1. The maximum Gasteiger partial charge on any atom is 0.0547 e. The van der Waals surface area contributed by atoms with Crippen LogP contribution in [-0.4, -0.2) is 4.57 Å². The van der Waals surface area contributed by atoms with Crippen molar-refractivity contribution in [2.75, 3.05) is 4.90 Å². The zero-order chi connectivity index (χ0) is 35.8. The summed E-state index contributed by atoms with van der Waals surface area (Å²) in [6.07, 6.45) is 0. The highest BCUT2D eigenvalue weighted by molar-refractivity contribution is 6.11. The molecule has 0 aliphatic carbocycles. The largest absolute Gasteiger partial charge is 0.310 e. The third-order valence-corrected chi connectivity index (χ3v) is 10.5. The Kier molecular flexibility index (Phi) is 7.85. The van der Waals surface area contributed by atoms with Crippen molar-refractivity contribution in [3.05, 3.63) is 218 Å². The molecule has 0 aliphatic rings. The second-order valence-electron chi connectivity index (χ2n) is 13.8. The van der Waals surface area contributed by atoms with E-state index in [0.717, 1.165) is 28.3 Å². The molecule has 1 aromatic heterocycles. The van der Waals surface area contributed by atoms with Crippen LogP contribution < -0.4 is 4.90 Å². The number of benzene rings is 9. The van der Waals surface area contributed by atoms with Gasteiger partial charge in [0.1, 0.15) is 0 Å². The standard InChI is InChI=1S/C52H36N2/c1-3-16-37(17-4-1)40-21-13-24-43(34-40)53(44-25-14-22-41(35-44)38-18-5-2-6-19-38)45-26-15-23-42(36-45)52-46-27-8-7-20-39(46)32-33-51(52)54-49-30-11-9-28-47(49)48-29-10-12-31-50(48)54/h1-36H. The van der Waals surface area contributed by atoms with Crippen LogP contribution in [0.1, 0.15) is 0 Å². The number of nitrogens with zero attached hydrogens (tertiary/aromatic N) is 2. The molecular weight excluding hydrogens is 653 g/mol. The molecule has 0 aliphatic heterocycles. The minimum absolute atomic E-state index is 1.09. The Bertz CT molecular complexity index is 2800. The number of hydrogen-bond donors (Lipinski definition) is 0. The third-order valence-electron chi connectivity index (χ3n) is 10.5. The van der Waals surface area contributed by atoms with Gasteiger partial charge in [0.15, 0.2) is 0 Å². The predicted octanol–water partition coefficient (Wildman–Crippen LogP) is 14.4. The molecule has 0 spiro atoms. The van der Waals surface area contributed by atoms with E-state index in [-0.39, 0.29) is 0 Å². The highest BCUT2D eigenvalue weighted by Crippen LogP contribution is 2.43. The molecule has 0 saturated carbocycles. The Morgan fingerprint density at radius 3 is 1.28 bits per heavy atom. The lowest BCUT2D eigenvalue weighted by atomic mass is 9.95. The maximum absolute atomic E-state index is 2.45. The fourth-order valence-corrected chi connectivity index (χ4v) is 8.09. The zero-order valence-electron chi connectivity index (χ0n) is 29.7. The normalized spacial score (nSPS) is 11.3. The van der Waals surface area contributed by atoms with Gasteiger partial charge in [0.2, 0.25) is 0 Å². The van der Waals surface area contributed by atoms with Crippen LogP contribution in [0.3, 0.4) is 0 Å². The maximum atomic E-state index is 2.45. The van der Waals surface area contributed by atoms with E-state index in [1.54, 1.807) is 0 Å².